The second-order valence-corrected chi connectivity index (χ2v) is 14.0. The third kappa shape index (κ3) is 5.15. The smallest absolute Gasteiger partial charge is 0.258 e. The summed E-state index contributed by atoms with van der Waals surface area (Å²) in [5.41, 5.74) is 4.82. The van der Waals surface area contributed by atoms with Gasteiger partial charge in [-0.1, -0.05) is 83.5 Å². The maximum Gasteiger partial charge on any atom is 0.258 e. The van der Waals surface area contributed by atoms with Crippen LogP contribution in [-0.2, 0) is 0 Å². The lowest BCUT2D eigenvalue weighted by molar-refractivity contribution is -0.401. The first-order valence-electron chi connectivity index (χ1n) is 10.3. The van der Waals surface area contributed by atoms with Crippen molar-refractivity contribution in [2.24, 2.45) is 0 Å². The Labute approximate surface area is 175 Å². The first kappa shape index (κ1) is 22.9. The van der Waals surface area contributed by atoms with E-state index in [4.69, 9.17) is 4.43 Å². The molecule has 0 N–H and O–H groups in total. The maximum atomic E-state index is 11.2. The van der Waals surface area contributed by atoms with Crippen molar-refractivity contribution in [2.45, 2.75) is 65.1 Å². The van der Waals surface area contributed by atoms with E-state index in [1.54, 1.807) is 0 Å². The van der Waals surface area contributed by atoms with E-state index in [0.29, 0.717) is 22.2 Å². The van der Waals surface area contributed by atoms with Crippen LogP contribution in [0.5, 0.6) is 5.75 Å². The Morgan fingerprint density at radius 2 is 1.28 bits per heavy atom. The summed E-state index contributed by atoms with van der Waals surface area (Å²) in [6.07, 6.45) is 1.08. The quantitative estimate of drug-likeness (QED) is 0.262. The van der Waals surface area contributed by atoms with Gasteiger partial charge in [0.2, 0.25) is 6.20 Å². The molecule has 0 fully saturated rings. The lowest BCUT2D eigenvalue weighted by atomic mass is 9.98. The Morgan fingerprint density at radius 3 is 1.66 bits per heavy atom. The zero-order valence-corrected chi connectivity index (χ0v) is 19.6. The second-order valence-electron chi connectivity index (χ2n) is 8.64. The van der Waals surface area contributed by atoms with Crippen molar-refractivity contribution in [3.8, 4) is 5.75 Å². The third-order valence-corrected chi connectivity index (χ3v) is 11.8. The summed E-state index contributed by atoms with van der Waals surface area (Å²) in [5, 5.41) is 11.2. The average molecular weight is 412 g/mol. The van der Waals surface area contributed by atoms with E-state index in [0.717, 1.165) is 28.6 Å². The van der Waals surface area contributed by atoms with Gasteiger partial charge < -0.3 is 4.43 Å². The van der Waals surface area contributed by atoms with Crippen LogP contribution in [-0.4, -0.2) is 13.2 Å². The highest BCUT2D eigenvalue weighted by molar-refractivity contribution is 6.78. The van der Waals surface area contributed by atoms with E-state index < -0.39 is 13.2 Å². The first-order valence-corrected chi connectivity index (χ1v) is 12.4. The number of aryl methyl sites for hydroxylation is 1. The van der Waals surface area contributed by atoms with E-state index in [1.165, 1.54) is 0 Å². The molecule has 29 heavy (non-hydrogen) atoms. The molecular weight excluding hydrogens is 378 g/mol. The van der Waals surface area contributed by atoms with Crippen molar-refractivity contribution >= 4 is 13.9 Å². The van der Waals surface area contributed by atoms with Crippen molar-refractivity contribution in [2.75, 3.05) is 0 Å². The standard InChI is InChI=1S/C24H33NO3Si/c1-17(2)29(18(3)4,19(5)6)28-23-14-12-22(13-15-23)24(16-25(26)27)21-10-8-20(7)9-11-21/h8-19H,1-7H3/b24-16-. The monoisotopic (exact) mass is 411 g/mol. The van der Waals surface area contributed by atoms with Crippen LogP contribution in [0.1, 0.15) is 58.2 Å². The number of rotatable bonds is 8. The van der Waals surface area contributed by atoms with Crippen molar-refractivity contribution in [3.63, 3.8) is 0 Å². The van der Waals surface area contributed by atoms with Gasteiger partial charge in [-0.25, -0.2) is 0 Å². The summed E-state index contributed by atoms with van der Waals surface area (Å²) < 4.78 is 6.71. The van der Waals surface area contributed by atoms with Crippen LogP contribution < -0.4 is 4.43 Å². The Hall–Kier alpha value is -2.40. The molecule has 0 amide bonds. The van der Waals surface area contributed by atoms with Gasteiger partial charge in [-0.15, -0.1) is 0 Å². The fraction of sp³-hybridized carbons (Fsp3) is 0.417. The zero-order chi connectivity index (χ0) is 21.8. The molecule has 2 aromatic rings. The molecule has 0 spiro atoms. The van der Waals surface area contributed by atoms with E-state index >= 15 is 0 Å². The van der Waals surface area contributed by atoms with Crippen molar-refractivity contribution in [1.82, 2.24) is 0 Å². The molecule has 0 saturated heterocycles. The maximum absolute atomic E-state index is 11.2. The van der Waals surface area contributed by atoms with E-state index in [1.807, 2.05) is 55.5 Å². The summed E-state index contributed by atoms with van der Waals surface area (Å²) in [7, 11) is -2.03. The van der Waals surface area contributed by atoms with Crippen LogP contribution in [0.4, 0.5) is 0 Å². The van der Waals surface area contributed by atoms with Crippen molar-refractivity contribution in [3.05, 3.63) is 81.5 Å². The summed E-state index contributed by atoms with van der Waals surface area (Å²) in [6, 6.07) is 15.5. The van der Waals surface area contributed by atoms with Crippen molar-refractivity contribution in [1.29, 1.82) is 0 Å². The molecule has 0 saturated carbocycles. The molecule has 0 bridgehead atoms. The molecule has 4 nitrogen and oxygen atoms in total. The van der Waals surface area contributed by atoms with Gasteiger partial charge in [-0.2, -0.15) is 0 Å². The second kappa shape index (κ2) is 9.40. The number of nitro groups is 1. The van der Waals surface area contributed by atoms with Crippen molar-refractivity contribution < 1.29 is 9.35 Å². The number of benzene rings is 2. The number of hydrogen-bond acceptors (Lipinski definition) is 3. The minimum absolute atomic E-state index is 0.395. The third-order valence-electron chi connectivity index (χ3n) is 5.76. The van der Waals surface area contributed by atoms with Gasteiger partial charge in [0, 0.05) is 0 Å². The molecule has 5 heteroatoms. The molecule has 156 valence electrons. The van der Waals surface area contributed by atoms with Crippen LogP contribution in [0, 0.1) is 17.0 Å². The highest BCUT2D eigenvalue weighted by Crippen LogP contribution is 2.42. The lowest BCUT2D eigenvalue weighted by Crippen LogP contribution is -2.50. The topological polar surface area (TPSA) is 52.4 Å². The van der Waals surface area contributed by atoms with Crippen LogP contribution in [0.3, 0.4) is 0 Å². The van der Waals surface area contributed by atoms with Crippen LogP contribution in [0.25, 0.3) is 5.57 Å². The van der Waals surface area contributed by atoms with Gasteiger partial charge in [0.15, 0.2) is 0 Å². The molecule has 0 aliphatic carbocycles. The molecule has 0 unspecified atom stereocenters. The molecule has 0 heterocycles. The number of nitrogens with zero attached hydrogens (tertiary/aromatic N) is 1. The fourth-order valence-corrected chi connectivity index (χ4v) is 9.67. The predicted octanol–water partition coefficient (Wildman–Crippen LogP) is 7.22. The largest absolute Gasteiger partial charge is 0.543 e. The molecule has 0 aliphatic rings. The van der Waals surface area contributed by atoms with Gasteiger partial charge in [0.25, 0.3) is 8.32 Å². The number of hydrogen-bond donors (Lipinski definition) is 0. The van der Waals surface area contributed by atoms with E-state index in [2.05, 4.69) is 41.5 Å². The zero-order valence-electron chi connectivity index (χ0n) is 18.6. The summed E-state index contributed by atoms with van der Waals surface area (Å²) in [6.45, 7) is 15.6. The molecule has 2 aromatic carbocycles. The van der Waals surface area contributed by atoms with Gasteiger partial charge in [0.1, 0.15) is 5.75 Å². The summed E-state index contributed by atoms with van der Waals surface area (Å²) >= 11 is 0. The molecule has 0 radical (unpaired) electrons. The molecule has 0 aromatic heterocycles. The van der Waals surface area contributed by atoms with E-state index in [-0.39, 0.29) is 0 Å². The molecule has 0 aliphatic heterocycles. The summed E-state index contributed by atoms with van der Waals surface area (Å²) in [4.78, 5) is 10.8. The van der Waals surface area contributed by atoms with Crippen LogP contribution >= 0.6 is 0 Å². The minimum Gasteiger partial charge on any atom is -0.543 e. The highest BCUT2D eigenvalue weighted by Gasteiger charge is 2.46. The summed E-state index contributed by atoms with van der Waals surface area (Å²) in [5.74, 6) is 0.848. The van der Waals surface area contributed by atoms with Gasteiger partial charge >= 0.3 is 0 Å². The molecule has 2 rings (SSSR count). The normalized spacial score (nSPS) is 12.7. The van der Waals surface area contributed by atoms with Gasteiger partial charge in [-0.3, -0.25) is 10.1 Å². The fourth-order valence-electron chi connectivity index (χ4n) is 4.41. The van der Waals surface area contributed by atoms with Crippen LogP contribution in [0.2, 0.25) is 16.6 Å². The Morgan fingerprint density at radius 1 is 0.862 bits per heavy atom. The predicted molar refractivity (Wildman–Crippen MR) is 123 cm³/mol. The van der Waals surface area contributed by atoms with Gasteiger partial charge in [0.05, 0.1) is 10.5 Å². The lowest BCUT2D eigenvalue weighted by Gasteiger charge is -2.42. The average Bonchev–Trinajstić information content (AvgIpc) is 2.64. The highest BCUT2D eigenvalue weighted by atomic mass is 28.4. The molecule has 0 atom stereocenters. The molecular formula is C24H33NO3Si. The Balaban J connectivity index is 2.41. The first-order chi connectivity index (χ1) is 13.6. The van der Waals surface area contributed by atoms with Gasteiger partial charge in [-0.05, 0) is 46.8 Å². The van der Waals surface area contributed by atoms with E-state index in [9.17, 15) is 10.1 Å². The Kier molecular flexibility index (Phi) is 7.41. The Bertz CT molecular complexity index is 831. The SMILES string of the molecule is Cc1ccc(/C(=C/[N+](=O)[O-])c2ccc(O[Si](C(C)C)(C(C)C)C(C)C)cc2)cc1. The van der Waals surface area contributed by atoms with Crippen LogP contribution in [0.15, 0.2) is 54.7 Å². The minimum atomic E-state index is -2.03.